The van der Waals surface area contributed by atoms with E-state index in [1.54, 1.807) is 0 Å². The van der Waals surface area contributed by atoms with E-state index in [0.29, 0.717) is 25.8 Å². The van der Waals surface area contributed by atoms with Crippen LogP contribution in [-0.4, -0.2) is 29.6 Å². The molecule has 6 heteroatoms. The van der Waals surface area contributed by atoms with Gasteiger partial charge in [0.05, 0.1) is 16.9 Å². The lowest BCUT2D eigenvalue weighted by atomic mass is 10.0. The molecule has 0 radical (unpaired) electrons. The average Bonchev–Trinajstić information content (AvgIpc) is 2.97. The molecule has 0 heterocycles. The summed E-state index contributed by atoms with van der Waals surface area (Å²) in [5, 5.41) is 11.8. The first-order chi connectivity index (χ1) is 10.5. The monoisotopic (exact) mass is 369 g/mol. The van der Waals surface area contributed by atoms with Crippen LogP contribution in [0.25, 0.3) is 0 Å². The van der Waals surface area contributed by atoms with E-state index in [9.17, 15) is 9.59 Å². The second kappa shape index (κ2) is 7.63. The van der Waals surface area contributed by atoms with E-state index in [-0.39, 0.29) is 23.8 Å². The van der Waals surface area contributed by atoms with Crippen LogP contribution < -0.4 is 10.1 Å². The number of carboxylic acids is 1. The summed E-state index contributed by atoms with van der Waals surface area (Å²) in [7, 11) is 0. The van der Waals surface area contributed by atoms with Crippen LogP contribution in [0.1, 0.15) is 26.2 Å². The first kappa shape index (κ1) is 16.8. The predicted octanol–water partition coefficient (Wildman–Crippen LogP) is 2.83. The number of para-hydroxylation sites is 1. The van der Waals surface area contributed by atoms with Gasteiger partial charge in [0.15, 0.2) is 0 Å². The minimum Gasteiger partial charge on any atom is -0.488 e. The zero-order valence-electron chi connectivity index (χ0n) is 12.4. The molecule has 0 aromatic heterocycles. The third-order valence-electron chi connectivity index (χ3n) is 3.88. The number of nitrogens with one attached hydrogen (secondary N) is 1. The minimum atomic E-state index is -0.805. The van der Waals surface area contributed by atoms with Crippen LogP contribution in [0.3, 0.4) is 0 Å². The van der Waals surface area contributed by atoms with E-state index in [0.717, 1.165) is 10.2 Å². The summed E-state index contributed by atoms with van der Waals surface area (Å²) in [6, 6.07) is 7.54. The van der Waals surface area contributed by atoms with Gasteiger partial charge in [-0.3, -0.25) is 9.59 Å². The predicted molar refractivity (Wildman–Crippen MR) is 85.7 cm³/mol. The Bertz CT molecular complexity index is 549. The molecule has 1 fully saturated rings. The van der Waals surface area contributed by atoms with Gasteiger partial charge in [-0.15, -0.1) is 0 Å². The first-order valence-corrected chi connectivity index (χ1v) is 8.18. The van der Waals surface area contributed by atoms with Gasteiger partial charge >= 0.3 is 5.97 Å². The summed E-state index contributed by atoms with van der Waals surface area (Å²) in [6.45, 7) is 2.28. The molecule has 0 spiro atoms. The van der Waals surface area contributed by atoms with Crippen molar-refractivity contribution in [2.24, 2.45) is 11.8 Å². The largest absolute Gasteiger partial charge is 0.488 e. The van der Waals surface area contributed by atoms with E-state index in [4.69, 9.17) is 9.84 Å². The lowest BCUT2D eigenvalue weighted by molar-refractivity contribution is -0.141. The summed E-state index contributed by atoms with van der Waals surface area (Å²) < 4.78 is 6.63. The second-order valence-electron chi connectivity index (χ2n) is 5.65. The molecule has 0 saturated heterocycles. The fourth-order valence-corrected chi connectivity index (χ4v) is 3.01. The van der Waals surface area contributed by atoms with Gasteiger partial charge in [-0.05, 0) is 54.2 Å². The number of ether oxygens (including phenoxy) is 1. The van der Waals surface area contributed by atoms with Gasteiger partial charge in [0.25, 0.3) is 0 Å². The number of carbonyl (C=O) groups excluding carboxylic acids is 1. The molecule has 3 atom stereocenters. The van der Waals surface area contributed by atoms with Crippen molar-refractivity contribution in [3.05, 3.63) is 28.7 Å². The third kappa shape index (κ3) is 4.47. The van der Waals surface area contributed by atoms with Gasteiger partial charge in [0, 0.05) is 5.92 Å². The van der Waals surface area contributed by atoms with Crippen LogP contribution in [0, 0.1) is 11.8 Å². The van der Waals surface area contributed by atoms with Crippen LogP contribution in [0.15, 0.2) is 28.7 Å². The fourth-order valence-electron chi connectivity index (χ4n) is 2.63. The summed E-state index contributed by atoms with van der Waals surface area (Å²) in [4.78, 5) is 23.0. The molecule has 22 heavy (non-hydrogen) atoms. The van der Waals surface area contributed by atoms with E-state index in [1.165, 1.54) is 0 Å². The number of amides is 1. The molecule has 2 rings (SSSR count). The van der Waals surface area contributed by atoms with Gasteiger partial charge in [0.1, 0.15) is 11.9 Å². The van der Waals surface area contributed by atoms with E-state index < -0.39 is 5.97 Å². The van der Waals surface area contributed by atoms with Crippen molar-refractivity contribution >= 4 is 27.8 Å². The zero-order chi connectivity index (χ0) is 16.1. The van der Waals surface area contributed by atoms with E-state index in [2.05, 4.69) is 21.2 Å². The van der Waals surface area contributed by atoms with Crippen molar-refractivity contribution in [3.8, 4) is 5.75 Å². The molecule has 5 nitrogen and oxygen atoms in total. The summed E-state index contributed by atoms with van der Waals surface area (Å²) in [5.74, 6) is -0.732. The van der Waals surface area contributed by atoms with Crippen molar-refractivity contribution in [1.82, 2.24) is 5.32 Å². The highest BCUT2D eigenvalue weighted by Crippen LogP contribution is 2.31. The first-order valence-electron chi connectivity index (χ1n) is 7.39. The smallest absolute Gasteiger partial charge is 0.306 e. The maximum Gasteiger partial charge on any atom is 0.306 e. The van der Waals surface area contributed by atoms with Gasteiger partial charge in [0.2, 0.25) is 5.91 Å². The van der Waals surface area contributed by atoms with Crippen LogP contribution in [0.4, 0.5) is 0 Å². The Hall–Kier alpha value is -1.56. The number of aliphatic carboxylic acids is 1. The van der Waals surface area contributed by atoms with Gasteiger partial charge in [-0.2, -0.15) is 0 Å². The van der Waals surface area contributed by atoms with Crippen molar-refractivity contribution in [1.29, 1.82) is 0 Å². The van der Waals surface area contributed by atoms with Gasteiger partial charge in [-0.1, -0.05) is 12.1 Å². The van der Waals surface area contributed by atoms with E-state index in [1.807, 2.05) is 31.2 Å². The van der Waals surface area contributed by atoms with Crippen LogP contribution >= 0.6 is 15.9 Å². The number of hydrogen-bond donors (Lipinski definition) is 2. The number of hydrogen-bond acceptors (Lipinski definition) is 3. The highest BCUT2D eigenvalue weighted by atomic mass is 79.9. The Morgan fingerprint density at radius 1 is 1.36 bits per heavy atom. The van der Waals surface area contributed by atoms with Crippen molar-refractivity contribution in [2.45, 2.75) is 32.3 Å². The molecule has 1 aromatic carbocycles. The Labute approximate surface area is 138 Å². The molecule has 120 valence electrons. The Morgan fingerprint density at radius 2 is 2.05 bits per heavy atom. The summed E-state index contributed by atoms with van der Waals surface area (Å²) >= 11 is 3.41. The van der Waals surface area contributed by atoms with Crippen LogP contribution in [0.2, 0.25) is 0 Å². The second-order valence-corrected chi connectivity index (χ2v) is 6.50. The number of benzene rings is 1. The minimum absolute atomic E-state index is 0.0775. The SMILES string of the molecule is CC(CNC(=O)[C@@H]1CC[C@H](C(=O)O)C1)Oc1ccccc1Br. The molecular weight excluding hydrogens is 350 g/mol. The van der Waals surface area contributed by atoms with Crippen molar-refractivity contribution in [2.75, 3.05) is 6.54 Å². The topological polar surface area (TPSA) is 75.6 Å². The fraction of sp³-hybridized carbons (Fsp3) is 0.500. The molecule has 1 aliphatic carbocycles. The summed E-state index contributed by atoms with van der Waals surface area (Å²) in [5.41, 5.74) is 0. The maximum absolute atomic E-state index is 12.1. The third-order valence-corrected chi connectivity index (χ3v) is 4.54. The maximum atomic E-state index is 12.1. The Kier molecular flexibility index (Phi) is 5.83. The molecule has 0 bridgehead atoms. The molecule has 0 aliphatic heterocycles. The molecule has 1 saturated carbocycles. The molecule has 1 aromatic rings. The van der Waals surface area contributed by atoms with Crippen LogP contribution in [0.5, 0.6) is 5.75 Å². The highest BCUT2D eigenvalue weighted by Gasteiger charge is 2.33. The van der Waals surface area contributed by atoms with Crippen molar-refractivity contribution in [3.63, 3.8) is 0 Å². The van der Waals surface area contributed by atoms with Crippen LogP contribution in [-0.2, 0) is 9.59 Å². The Morgan fingerprint density at radius 3 is 2.68 bits per heavy atom. The normalized spacial score (nSPS) is 22.1. The quantitative estimate of drug-likeness (QED) is 0.808. The lowest BCUT2D eigenvalue weighted by Gasteiger charge is -2.18. The molecule has 2 N–H and O–H groups in total. The number of rotatable bonds is 6. The molecular formula is C16H20BrNO4. The number of carboxylic acid groups (broad SMARTS) is 1. The Balaban J connectivity index is 1.77. The van der Waals surface area contributed by atoms with Crippen molar-refractivity contribution < 1.29 is 19.4 Å². The summed E-state index contributed by atoms with van der Waals surface area (Å²) in [6.07, 6.45) is 1.48. The van der Waals surface area contributed by atoms with E-state index >= 15 is 0 Å². The number of carbonyl (C=O) groups is 2. The molecule has 1 amide bonds. The standard InChI is InChI=1S/C16H20BrNO4/c1-10(22-14-5-3-2-4-13(14)17)9-18-15(19)11-6-7-12(8-11)16(20)21/h2-5,10-12H,6-9H2,1H3,(H,18,19)(H,20,21)/t10?,11-,12+/m1/s1. The average molecular weight is 370 g/mol. The molecule has 1 aliphatic rings. The number of halogens is 1. The van der Waals surface area contributed by atoms with Gasteiger partial charge in [-0.25, -0.2) is 0 Å². The lowest BCUT2D eigenvalue weighted by Crippen LogP contribution is -2.37. The zero-order valence-corrected chi connectivity index (χ0v) is 14.0. The van der Waals surface area contributed by atoms with Gasteiger partial charge < -0.3 is 15.2 Å². The highest BCUT2D eigenvalue weighted by molar-refractivity contribution is 9.10. The molecule has 1 unspecified atom stereocenters.